The maximum absolute atomic E-state index is 12.6. The zero-order valence-corrected chi connectivity index (χ0v) is 19.5. The molecule has 1 atom stereocenters. The molecule has 0 spiro atoms. The van der Waals surface area contributed by atoms with E-state index in [1.807, 2.05) is 5.38 Å². The number of rotatable bonds is 7. The minimum atomic E-state index is -0.755. The summed E-state index contributed by atoms with van der Waals surface area (Å²) in [6.45, 7) is 2.03. The Morgan fingerprint density at radius 3 is 2.61 bits per heavy atom. The highest BCUT2D eigenvalue weighted by Gasteiger charge is 2.26. The molecule has 0 saturated carbocycles. The van der Waals surface area contributed by atoms with Crippen molar-refractivity contribution in [2.75, 3.05) is 32.6 Å². The first kappa shape index (κ1) is 22.8. The maximum Gasteiger partial charge on any atom is 0.313 e. The van der Waals surface area contributed by atoms with Crippen LogP contribution in [0.1, 0.15) is 22.7 Å². The summed E-state index contributed by atoms with van der Waals surface area (Å²) >= 11 is 1.62. The molecule has 3 aromatic rings. The van der Waals surface area contributed by atoms with Crippen LogP contribution in [0, 0.1) is 0 Å². The molecule has 2 N–H and O–H groups in total. The van der Waals surface area contributed by atoms with E-state index in [1.165, 1.54) is 25.3 Å². The third-order valence-electron chi connectivity index (χ3n) is 5.85. The first-order chi connectivity index (χ1) is 16.1. The van der Waals surface area contributed by atoms with Crippen molar-refractivity contribution in [1.82, 2.24) is 10.2 Å². The van der Waals surface area contributed by atoms with Gasteiger partial charge in [-0.25, -0.2) is 0 Å². The zero-order valence-electron chi connectivity index (χ0n) is 18.7. The lowest BCUT2D eigenvalue weighted by Crippen LogP contribution is -2.43. The normalized spacial score (nSPS) is 14.1. The van der Waals surface area contributed by atoms with Gasteiger partial charge < -0.3 is 20.1 Å². The Morgan fingerprint density at radius 2 is 1.88 bits per heavy atom. The Kier molecular flexibility index (Phi) is 7.26. The molecule has 0 radical (unpaired) electrons. The van der Waals surface area contributed by atoms with E-state index in [0.29, 0.717) is 23.7 Å². The summed E-state index contributed by atoms with van der Waals surface area (Å²) in [6, 6.07) is 15.5. The van der Waals surface area contributed by atoms with Crippen molar-refractivity contribution in [2.45, 2.75) is 19.0 Å². The lowest BCUT2D eigenvalue weighted by molar-refractivity contribution is -0.136. The van der Waals surface area contributed by atoms with E-state index in [0.717, 1.165) is 25.1 Å². The molecule has 172 valence electrons. The number of methoxy groups -OCH3 is 2. The molecule has 0 saturated heterocycles. The number of ether oxygens (including phenoxy) is 2. The molecule has 2 amide bonds. The number of anilines is 1. The van der Waals surface area contributed by atoms with Crippen LogP contribution in [0.5, 0.6) is 11.5 Å². The standard InChI is InChI=1S/C25H27N3O4S/c1-31-20-7-8-23(32-2)21(13-20)27-25(30)24(29)26-14-22(19-10-12-33-16-19)28-11-9-17-5-3-4-6-18(17)15-28/h3-8,10,12-13,16,22H,9,11,14-15H2,1-2H3,(H,26,29)(H,27,30)/t22-/m1/s1. The van der Waals surface area contributed by atoms with Crippen LogP contribution in [0.3, 0.4) is 0 Å². The van der Waals surface area contributed by atoms with E-state index in [2.05, 4.69) is 51.2 Å². The van der Waals surface area contributed by atoms with E-state index in [-0.39, 0.29) is 6.04 Å². The third-order valence-corrected chi connectivity index (χ3v) is 6.55. The monoisotopic (exact) mass is 465 g/mol. The SMILES string of the molecule is COc1ccc(OC)c(NC(=O)C(=O)NC[C@H](c2ccsc2)N2CCc3ccccc3C2)c1. The summed E-state index contributed by atoms with van der Waals surface area (Å²) in [5.41, 5.74) is 4.18. The lowest BCUT2D eigenvalue weighted by atomic mass is 9.97. The van der Waals surface area contributed by atoms with Crippen molar-refractivity contribution in [1.29, 1.82) is 0 Å². The highest BCUT2D eigenvalue weighted by atomic mass is 32.1. The highest BCUT2D eigenvalue weighted by molar-refractivity contribution is 7.08. The Bertz CT molecular complexity index is 1120. The number of fused-ring (bicyclic) bond motifs is 1. The Balaban J connectivity index is 1.43. The first-order valence-electron chi connectivity index (χ1n) is 10.7. The van der Waals surface area contributed by atoms with E-state index >= 15 is 0 Å². The van der Waals surface area contributed by atoms with E-state index in [4.69, 9.17) is 9.47 Å². The fraction of sp³-hybridized carbons (Fsp3) is 0.280. The smallest absolute Gasteiger partial charge is 0.313 e. The summed E-state index contributed by atoms with van der Waals surface area (Å²) in [7, 11) is 3.03. The number of thiophene rings is 1. The number of nitrogens with one attached hydrogen (secondary N) is 2. The van der Waals surface area contributed by atoms with Crippen LogP contribution < -0.4 is 20.1 Å². The van der Waals surface area contributed by atoms with Gasteiger partial charge >= 0.3 is 11.8 Å². The van der Waals surface area contributed by atoms with E-state index < -0.39 is 11.8 Å². The summed E-state index contributed by atoms with van der Waals surface area (Å²) < 4.78 is 10.5. The molecule has 8 heteroatoms. The Morgan fingerprint density at radius 1 is 1.06 bits per heavy atom. The van der Waals surface area contributed by atoms with Crippen LogP contribution in [-0.2, 0) is 22.6 Å². The number of hydrogen-bond acceptors (Lipinski definition) is 6. The van der Waals surface area contributed by atoms with Crippen molar-refractivity contribution in [3.63, 3.8) is 0 Å². The fourth-order valence-corrected chi connectivity index (χ4v) is 4.77. The van der Waals surface area contributed by atoms with Gasteiger partial charge in [0.05, 0.1) is 25.9 Å². The van der Waals surface area contributed by atoms with Gasteiger partial charge in [-0.3, -0.25) is 14.5 Å². The molecule has 0 fully saturated rings. The lowest BCUT2D eigenvalue weighted by Gasteiger charge is -2.35. The molecule has 4 rings (SSSR count). The van der Waals surface area contributed by atoms with Crippen LogP contribution in [-0.4, -0.2) is 44.0 Å². The van der Waals surface area contributed by atoms with E-state index in [9.17, 15) is 9.59 Å². The number of hydrogen-bond donors (Lipinski definition) is 2. The second kappa shape index (κ2) is 10.5. The molecular weight excluding hydrogens is 438 g/mol. The molecule has 0 aliphatic carbocycles. The van der Waals surface area contributed by atoms with Crippen LogP contribution in [0.2, 0.25) is 0 Å². The number of carbonyl (C=O) groups excluding carboxylic acids is 2. The van der Waals surface area contributed by atoms with Crippen LogP contribution >= 0.6 is 11.3 Å². The predicted molar refractivity (Wildman–Crippen MR) is 129 cm³/mol. The van der Waals surface area contributed by atoms with Gasteiger partial charge in [0.25, 0.3) is 0 Å². The van der Waals surface area contributed by atoms with Gasteiger partial charge in [0.1, 0.15) is 11.5 Å². The molecule has 7 nitrogen and oxygen atoms in total. The van der Waals surface area contributed by atoms with Crippen LogP contribution in [0.4, 0.5) is 5.69 Å². The van der Waals surface area contributed by atoms with Crippen molar-refractivity contribution in [3.05, 3.63) is 76.0 Å². The van der Waals surface area contributed by atoms with Crippen molar-refractivity contribution in [3.8, 4) is 11.5 Å². The quantitative estimate of drug-likeness (QED) is 0.521. The second-order valence-corrected chi connectivity index (χ2v) is 8.57. The van der Waals surface area contributed by atoms with Crippen molar-refractivity contribution < 1.29 is 19.1 Å². The second-order valence-electron chi connectivity index (χ2n) is 7.79. The number of benzene rings is 2. The average Bonchev–Trinajstić information content (AvgIpc) is 3.38. The Hall–Kier alpha value is -3.36. The molecule has 1 aliphatic heterocycles. The van der Waals surface area contributed by atoms with Gasteiger partial charge in [0, 0.05) is 25.7 Å². The largest absolute Gasteiger partial charge is 0.497 e. The minimum absolute atomic E-state index is 0.0206. The summed E-state index contributed by atoms with van der Waals surface area (Å²) in [6.07, 6.45) is 0.959. The van der Waals surface area contributed by atoms with E-state index in [1.54, 1.807) is 29.5 Å². The molecule has 1 aliphatic rings. The summed E-state index contributed by atoms with van der Waals surface area (Å²) in [5.74, 6) is -0.457. The van der Waals surface area contributed by atoms with Gasteiger partial charge in [-0.2, -0.15) is 11.3 Å². The number of nitrogens with zero attached hydrogens (tertiary/aromatic N) is 1. The van der Waals surface area contributed by atoms with Gasteiger partial charge in [-0.05, 0) is 52.1 Å². The molecular formula is C25H27N3O4S. The van der Waals surface area contributed by atoms with Crippen LogP contribution in [0.15, 0.2) is 59.3 Å². The van der Waals surface area contributed by atoms with Gasteiger partial charge in [-0.1, -0.05) is 24.3 Å². The number of amides is 2. The average molecular weight is 466 g/mol. The molecule has 2 aromatic carbocycles. The van der Waals surface area contributed by atoms with Gasteiger partial charge in [0.2, 0.25) is 0 Å². The highest BCUT2D eigenvalue weighted by Crippen LogP contribution is 2.30. The maximum atomic E-state index is 12.6. The third kappa shape index (κ3) is 5.35. The molecule has 0 bridgehead atoms. The zero-order chi connectivity index (χ0) is 23.2. The van der Waals surface area contributed by atoms with Crippen molar-refractivity contribution >= 4 is 28.8 Å². The fourth-order valence-electron chi connectivity index (χ4n) is 4.07. The summed E-state index contributed by atoms with van der Waals surface area (Å²) in [5, 5.41) is 9.57. The topological polar surface area (TPSA) is 79.9 Å². The molecule has 33 heavy (non-hydrogen) atoms. The van der Waals surface area contributed by atoms with Crippen molar-refractivity contribution in [2.24, 2.45) is 0 Å². The predicted octanol–water partition coefficient (Wildman–Crippen LogP) is 3.62. The number of carbonyl (C=O) groups is 2. The molecule has 0 unspecified atom stereocenters. The molecule has 1 aromatic heterocycles. The van der Waals surface area contributed by atoms with Gasteiger partial charge in [0.15, 0.2) is 0 Å². The molecule has 2 heterocycles. The Labute approximate surface area is 197 Å². The summed E-state index contributed by atoms with van der Waals surface area (Å²) in [4.78, 5) is 27.6. The van der Waals surface area contributed by atoms with Crippen LogP contribution in [0.25, 0.3) is 0 Å². The van der Waals surface area contributed by atoms with Gasteiger partial charge in [-0.15, -0.1) is 0 Å². The minimum Gasteiger partial charge on any atom is -0.497 e. The first-order valence-corrected chi connectivity index (χ1v) is 11.7.